The van der Waals surface area contributed by atoms with Crippen LogP contribution in [0.25, 0.3) is 0 Å². The highest BCUT2D eigenvalue weighted by Crippen LogP contribution is 2.34. The van der Waals surface area contributed by atoms with Crippen molar-refractivity contribution in [3.8, 4) is 5.75 Å². The van der Waals surface area contributed by atoms with E-state index < -0.39 is 23.9 Å². The molecule has 0 aliphatic heterocycles. The number of methoxy groups -OCH3 is 1. The van der Waals surface area contributed by atoms with Gasteiger partial charge in [-0.15, -0.1) is 0 Å². The van der Waals surface area contributed by atoms with Crippen LogP contribution in [0.4, 0.5) is 0 Å². The Kier molecular flexibility index (Phi) is 9.40. The summed E-state index contributed by atoms with van der Waals surface area (Å²) in [4.78, 5) is 28.5. The van der Waals surface area contributed by atoms with Crippen molar-refractivity contribution in [3.63, 3.8) is 0 Å². The summed E-state index contributed by atoms with van der Waals surface area (Å²) in [5, 5.41) is 10.5. The van der Waals surface area contributed by atoms with Crippen molar-refractivity contribution in [2.24, 2.45) is 11.5 Å². The van der Waals surface area contributed by atoms with Gasteiger partial charge in [0.1, 0.15) is 11.8 Å². The number of amides is 2. The van der Waals surface area contributed by atoms with E-state index in [4.69, 9.17) is 16.2 Å². The molecule has 0 fully saturated rings. The summed E-state index contributed by atoms with van der Waals surface area (Å²) in [5.41, 5.74) is 13.8. The number of hydrogen-bond acceptors (Lipinski definition) is 5. The fourth-order valence-corrected chi connectivity index (χ4v) is 4.35. The maximum atomic E-state index is 14.4. The number of aliphatic hydroxyl groups is 1. The zero-order chi connectivity index (χ0) is 25.2. The number of carbonyl (C=O) groups is 2. The maximum absolute atomic E-state index is 14.4. The van der Waals surface area contributed by atoms with E-state index in [0.29, 0.717) is 30.7 Å². The number of nitrogens with two attached hydrogens (primary N) is 2. The molecule has 3 rings (SSSR count). The number of ether oxygens (including phenoxy) is 1. The van der Waals surface area contributed by atoms with Crippen LogP contribution >= 0.6 is 0 Å². The predicted octanol–water partition coefficient (Wildman–Crippen LogP) is 2.98. The molecule has 0 aromatic heterocycles. The van der Waals surface area contributed by atoms with Crippen LogP contribution in [0.2, 0.25) is 0 Å². The molecular formula is C28H33N3O4. The second kappa shape index (κ2) is 12.7. The van der Waals surface area contributed by atoms with Crippen LogP contribution in [0.5, 0.6) is 5.75 Å². The Hall–Kier alpha value is -3.68. The smallest absolute Gasteiger partial charge is 0.240 e. The van der Waals surface area contributed by atoms with Gasteiger partial charge in [-0.3, -0.25) is 9.59 Å². The molecule has 0 aliphatic rings. The SMILES string of the molecule is COc1ccc([C@H](CO)N(C(=O)C(c2ccccc2)c2ccccc2)[C@H](CCCN)C(N)=O)cc1. The maximum Gasteiger partial charge on any atom is 0.240 e. The van der Waals surface area contributed by atoms with Crippen molar-refractivity contribution in [2.75, 3.05) is 20.3 Å². The van der Waals surface area contributed by atoms with E-state index in [1.165, 1.54) is 4.90 Å². The van der Waals surface area contributed by atoms with E-state index in [2.05, 4.69) is 0 Å². The van der Waals surface area contributed by atoms with Gasteiger partial charge in [0.25, 0.3) is 0 Å². The standard InChI is InChI=1S/C28H33N3O4/c1-35-23-16-14-20(15-17-23)25(19-32)31(24(27(30)33)13-8-18-29)28(34)26(21-9-4-2-5-10-21)22-11-6-3-7-12-22/h2-7,9-12,14-17,24-26,32H,8,13,18-19,29H2,1H3,(H2,30,33)/t24-,25+/m1/s1. The van der Waals surface area contributed by atoms with Crippen LogP contribution in [-0.2, 0) is 9.59 Å². The van der Waals surface area contributed by atoms with Crippen molar-refractivity contribution in [2.45, 2.75) is 30.8 Å². The first kappa shape index (κ1) is 25.9. The second-order valence-electron chi connectivity index (χ2n) is 8.32. The summed E-state index contributed by atoms with van der Waals surface area (Å²) in [6.07, 6.45) is 0.792. The summed E-state index contributed by atoms with van der Waals surface area (Å²) in [6, 6.07) is 24.1. The summed E-state index contributed by atoms with van der Waals surface area (Å²) in [7, 11) is 1.56. The third-order valence-corrected chi connectivity index (χ3v) is 6.12. The molecule has 0 bridgehead atoms. The Morgan fingerprint density at radius 3 is 1.86 bits per heavy atom. The van der Waals surface area contributed by atoms with E-state index in [9.17, 15) is 14.7 Å². The number of nitrogens with zero attached hydrogens (tertiary/aromatic N) is 1. The lowest BCUT2D eigenvalue weighted by Crippen LogP contribution is -2.52. The van der Waals surface area contributed by atoms with E-state index in [1.807, 2.05) is 60.7 Å². The Balaban J connectivity index is 2.16. The van der Waals surface area contributed by atoms with Gasteiger partial charge in [-0.2, -0.15) is 0 Å². The average Bonchev–Trinajstić information content (AvgIpc) is 2.89. The summed E-state index contributed by atoms with van der Waals surface area (Å²) in [5.74, 6) is -1.01. The monoisotopic (exact) mass is 475 g/mol. The van der Waals surface area contributed by atoms with Gasteiger partial charge in [0.2, 0.25) is 11.8 Å². The van der Waals surface area contributed by atoms with Crippen LogP contribution in [0.1, 0.15) is 41.5 Å². The van der Waals surface area contributed by atoms with Crippen molar-refractivity contribution >= 4 is 11.8 Å². The van der Waals surface area contributed by atoms with Crippen LogP contribution in [-0.4, -0.2) is 48.1 Å². The molecule has 5 N–H and O–H groups in total. The van der Waals surface area contributed by atoms with Crippen LogP contribution in [0, 0.1) is 0 Å². The minimum atomic E-state index is -0.944. The molecule has 0 unspecified atom stereocenters. The van der Waals surface area contributed by atoms with Gasteiger partial charge >= 0.3 is 0 Å². The third kappa shape index (κ3) is 6.26. The number of benzene rings is 3. The molecule has 0 radical (unpaired) electrons. The van der Waals surface area contributed by atoms with Gasteiger partial charge in [-0.25, -0.2) is 0 Å². The van der Waals surface area contributed by atoms with Gasteiger partial charge in [0, 0.05) is 0 Å². The zero-order valence-electron chi connectivity index (χ0n) is 19.9. The van der Waals surface area contributed by atoms with E-state index in [1.54, 1.807) is 31.4 Å². The quantitative estimate of drug-likeness (QED) is 0.372. The number of rotatable bonds is 12. The van der Waals surface area contributed by atoms with Crippen LogP contribution in [0.3, 0.4) is 0 Å². The normalized spacial score (nSPS) is 12.7. The summed E-state index contributed by atoms with van der Waals surface area (Å²) >= 11 is 0. The molecule has 184 valence electrons. The molecule has 35 heavy (non-hydrogen) atoms. The molecule has 0 spiro atoms. The molecule has 3 aromatic rings. The molecule has 0 aliphatic carbocycles. The molecule has 0 saturated carbocycles. The molecule has 3 aromatic carbocycles. The molecular weight excluding hydrogens is 442 g/mol. The highest BCUT2D eigenvalue weighted by atomic mass is 16.5. The number of hydrogen-bond donors (Lipinski definition) is 3. The van der Waals surface area contributed by atoms with E-state index in [-0.39, 0.29) is 12.5 Å². The lowest BCUT2D eigenvalue weighted by Gasteiger charge is -2.39. The summed E-state index contributed by atoms with van der Waals surface area (Å²) < 4.78 is 5.25. The molecule has 2 atom stereocenters. The Morgan fingerprint density at radius 2 is 1.43 bits per heavy atom. The fraction of sp³-hybridized carbons (Fsp3) is 0.286. The van der Waals surface area contributed by atoms with Gasteiger partial charge in [-0.05, 0) is 48.2 Å². The first-order valence-corrected chi connectivity index (χ1v) is 11.7. The van der Waals surface area contributed by atoms with Crippen molar-refractivity contribution in [1.82, 2.24) is 4.90 Å². The minimum Gasteiger partial charge on any atom is -0.497 e. The third-order valence-electron chi connectivity index (χ3n) is 6.12. The van der Waals surface area contributed by atoms with Crippen LogP contribution < -0.4 is 16.2 Å². The number of primary amides is 1. The fourth-order valence-electron chi connectivity index (χ4n) is 4.35. The number of aliphatic hydroxyl groups excluding tert-OH is 1. The Morgan fingerprint density at radius 1 is 0.886 bits per heavy atom. The van der Waals surface area contributed by atoms with Crippen LogP contribution in [0.15, 0.2) is 84.9 Å². The van der Waals surface area contributed by atoms with Gasteiger partial charge in [0.15, 0.2) is 0 Å². The highest BCUT2D eigenvalue weighted by Gasteiger charge is 2.38. The van der Waals surface area contributed by atoms with Crippen molar-refractivity contribution < 1.29 is 19.4 Å². The molecule has 7 heteroatoms. The molecule has 0 heterocycles. The second-order valence-corrected chi connectivity index (χ2v) is 8.32. The van der Waals surface area contributed by atoms with Crippen molar-refractivity contribution in [3.05, 3.63) is 102 Å². The lowest BCUT2D eigenvalue weighted by molar-refractivity contribution is -0.144. The van der Waals surface area contributed by atoms with Crippen molar-refractivity contribution in [1.29, 1.82) is 0 Å². The first-order valence-electron chi connectivity index (χ1n) is 11.7. The average molecular weight is 476 g/mol. The van der Waals surface area contributed by atoms with Gasteiger partial charge in [0.05, 0.1) is 25.7 Å². The van der Waals surface area contributed by atoms with E-state index >= 15 is 0 Å². The zero-order valence-corrected chi connectivity index (χ0v) is 19.9. The largest absolute Gasteiger partial charge is 0.497 e. The lowest BCUT2D eigenvalue weighted by atomic mass is 9.88. The Labute approximate surface area is 206 Å². The highest BCUT2D eigenvalue weighted by molar-refractivity contribution is 5.92. The van der Waals surface area contributed by atoms with Gasteiger partial charge in [-0.1, -0.05) is 72.8 Å². The summed E-state index contributed by atoms with van der Waals surface area (Å²) in [6.45, 7) is -0.0420. The van der Waals surface area contributed by atoms with Gasteiger partial charge < -0.3 is 26.2 Å². The Bertz CT molecular complexity index is 1030. The molecule has 2 amide bonds. The topological polar surface area (TPSA) is 119 Å². The number of carbonyl (C=O) groups excluding carboxylic acids is 2. The predicted molar refractivity (Wildman–Crippen MR) is 136 cm³/mol. The molecule has 7 nitrogen and oxygen atoms in total. The first-order chi connectivity index (χ1) is 17.0. The molecule has 0 saturated heterocycles. The van der Waals surface area contributed by atoms with E-state index in [0.717, 1.165) is 11.1 Å². The minimum absolute atomic E-state index is 0.292.